The van der Waals surface area contributed by atoms with Crippen LogP contribution in [0, 0.1) is 5.92 Å². The highest BCUT2D eigenvalue weighted by atomic mass is 32.1. The first-order chi connectivity index (χ1) is 13.0. The molecule has 27 heavy (non-hydrogen) atoms. The Balaban J connectivity index is 1.46. The van der Waals surface area contributed by atoms with Crippen molar-refractivity contribution in [3.63, 3.8) is 0 Å². The number of rotatable bonds is 5. The van der Waals surface area contributed by atoms with Gasteiger partial charge in [0.15, 0.2) is 5.13 Å². The number of thiazole rings is 1. The molecule has 1 aliphatic heterocycles. The number of methoxy groups -OCH3 is 1. The molecule has 0 aromatic carbocycles. The zero-order valence-electron chi connectivity index (χ0n) is 15.7. The van der Waals surface area contributed by atoms with Crippen molar-refractivity contribution < 1.29 is 14.3 Å². The molecule has 8 nitrogen and oxygen atoms in total. The van der Waals surface area contributed by atoms with Crippen LogP contribution in [0.25, 0.3) is 11.3 Å². The SMILES string of the molecule is COCC(C)N1CC(C(=O)Nc2nc3c(s2)CCc2c-3cnn2C)CC1=O. The van der Waals surface area contributed by atoms with Crippen LogP contribution < -0.4 is 5.32 Å². The van der Waals surface area contributed by atoms with Crippen LogP contribution >= 0.6 is 11.3 Å². The minimum Gasteiger partial charge on any atom is -0.383 e. The molecule has 2 aromatic rings. The summed E-state index contributed by atoms with van der Waals surface area (Å²) >= 11 is 1.51. The molecule has 144 valence electrons. The van der Waals surface area contributed by atoms with Crippen molar-refractivity contribution in [2.75, 3.05) is 25.6 Å². The van der Waals surface area contributed by atoms with Crippen molar-refractivity contribution in [1.82, 2.24) is 19.7 Å². The Morgan fingerprint density at radius 1 is 1.48 bits per heavy atom. The molecule has 1 N–H and O–H groups in total. The summed E-state index contributed by atoms with van der Waals surface area (Å²) in [7, 11) is 3.55. The maximum absolute atomic E-state index is 12.7. The van der Waals surface area contributed by atoms with Crippen LogP contribution in [0.15, 0.2) is 6.20 Å². The molecule has 2 aliphatic rings. The summed E-state index contributed by atoms with van der Waals surface area (Å²) < 4.78 is 7.01. The standard InChI is InChI=1S/C18H23N5O3S/c1-10(9-26-3)23-8-11(6-15(23)24)17(25)21-18-20-16-12-7-19-22(2)13(12)4-5-14(16)27-18/h7,10-11H,4-6,8-9H2,1-3H3,(H,20,21,25). The van der Waals surface area contributed by atoms with Gasteiger partial charge in [0, 0.05) is 43.3 Å². The highest BCUT2D eigenvalue weighted by Crippen LogP contribution is 2.38. The Morgan fingerprint density at radius 2 is 2.30 bits per heavy atom. The molecule has 2 atom stereocenters. The van der Waals surface area contributed by atoms with E-state index in [9.17, 15) is 9.59 Å². The number of amides is 2. The van der Waals surface area contributed by atoms with E-state index in [4.69, 9.17) is 4.74 Å². The van der Waals surface area contributed by atoms with Gasteiger partial charge in [0.05, 0.1) is 30.5 Å². The monoisotopic (exact) mass is 389 g/mol. The Bertz CT molecular complexity index is 890. The molecule has 0 spiro atoms. The Hall–Kier alpha value is -2.26. The molecular formula is C18H23N5O3S. The smallest absolute Gasteiger partial charge is 0.231 e. The molecule has 1 fully saturated rings. The lowest BCUT2D eigenvalue weighted by molar-refractivity contribution is -0.130. The lowest BCUT2D eigenvalue weighted by Crippen LogP contribution is -2.38. The van der Waals surface area contributed by atoms with Gasteiger partial charge in [0.2, 0.25) is 11.8 Å². The number of anilines is 1. The zero-order chi connectivity index (χ0) is 19.1. The first-order valence-electron chi connectivity index (χ1n) is 9.08. The van der Waals surface area contributed by atoms with Gasteiger partial charge in [-0.25, -0.2) is 4.98 Å². The fourth-order valence-electron chi connectivity index (χ4n) is 3.85. The molecule has 2 aromatic heterocycles. The molecule has 0 saturated carbocycles. The van der Waals surface area contributed by atoms with Gasteiger partial charge in [-0.3, -0.25) is 14.3 Å². The van der Waals surface area contributed by atoms with Gasteiger partial charge in [-0.15, -0.1) is 11.3 Å². The summed E-state index contributed by atoms with van der Waals surface area (Å²) in [4.78, 5) is 32.4. The van der Waals surface area contributed by atoms with Gasteiger partial charge in [-0.05, 0) is 19.8 Å². The summed E-state index contributed by atoms with van der Waals surface area (Å²) in [6.45, 7) is 2.82. The van der Waals surface area contributed by atoms with Crippen molar-refractivity contribution in [3.8, 4) is 11.3 Å². The van der Waals surface area contributed by atoms with E-state index in [1.165, 1.54) is 21.9 Å². The summed E-state index contributed by atoms with van der Waals surface area (Å²) in [6, 6.07) is -0.0310. The molecular weight excluding hydrogens is 366 g/mol. The summed E-state index contributed by atoms with van der Waals surface area (Å²) in [6.07, 6.45) is 3.90. The van der Waals surface area contributed by atoms with Crippen molar-refractivity contribution in [2.24, 2.45) is 13.0 Å². The molecule has 4 rings (SSSR count). The number of nitrogens with zero attached hydrogens (tertiary/aromatic N) is 4. The van der Waals surface area contributed by atoms with Crippen LogP contribution in [0.3, 0.4) is 0 Å². The molecule has 2 amide bonds. The summed E-state index contributed by atoms with van der Waals surface area (Å²) in [5.74, 6) is -0.502. The van der Waals surface area contributed by atoms with E-state index in [2.05, 4.69) is 15.4 Å². The van der Waals surface area contributed by atoms with Crippen LogP contribution in [-0.4, -0.2) is 57.8 Å². The normalized spacial score (nSPS) is 19.7. The van der Waals surface area contributed by atoms with Crippen LogP contribution in [0.2, 0.25) is 0 Å². The first kappa shape index (κ1) is 18.1. The molecule has 1 aliphatic carbocycles. The van der Waals surface area contributed by atoms with E-state index in [0.717, 1.165) is 24.1 Å². The largest absolute Gasteiger partial charge is 0.383 e. The predicted molar refractivity (Wildman–Crippen MR) is 102 cm³/mol. The summed E-state index contributed by atoms with van der Waals surface area (Å²) in [5, 5.41) is 7.84. The highest BCUT2D eigenvalue weighted by molar-refractivity contribution is 7.16. The molecule has 1 saturated heterocycles. The second kappa shape index (κ2) is 7.05. The average molecular weight is 389 g/mol. The minimum atomic E-state index is -0.355. The quantitative estimate of drug-likeness (QED) is 0.836. The lowest BCUT2D eigenvalue weighted by atomic mass is 10.0. The number of hydrogen-bond donors (Lipinski definition) is 1. The van der Waals surface area contributed by atoms with Crippen molar-refractivity contribution in [2.45, 2.75) is 32.2 Å². The third-order valence-electron chi connectivity index (χ3n) is 5.30. The topological polar surface area (TPSA) is 89.3 Å². The van der Waals surface area contributed by atoms with Crippen molar-refractivity contribution in [1.29, 1.82) is 0 Å². The van der Waals surface area contributed by atoms with Gasteiger partial charge < -0.3 is 15.0 Å². The van der Waals surface area contributed by atoms with E-state index < -0.39 is 0 Å². The van der Waals surface area contributed by atoms with Crippen molar-refractivity contribution in [3.05, 3.63) is 16.8 Å². The minimum absolute atomic E-state index is 0.00173. The van der Waals surface area contributed by atoms with E-state index in [-0.39, 0.29) is 30.2 Å². The van der Waals surface area contributed by atoms with E-state index in [1.807, 2.05) is 24.9 Å². The number of fused-ring (bicyclic) bond motifs is 3. The van der Waals surface area contributed by atoms with Gasteiger partial charge in [-0.1, -0.05) is 0 Å². The highest BCUT2D eigenvalue weighted by Gasteiger charge is 2.37. The third kappa shape index (κ3) is 3.25. The maximum atomic E-state index is 12.7. The van der Waals surface area contributed by atoms with Crippen LogP contribution in [-0.2, 0) is 34.2 Å². The van der Waals surface area contributed by atoms with E-state index >= 15 is 0 Å². The number of aromatic nitrogens is 3. The van der Waals surface area contributed by atoms with Gasteiger partial charge in [0.25, 0.3) is 0 Å². The Labute approximate surface area is 161 Å². The number of aryl methyl sites for hydroxylation is 2. The van der Waals surface area contributed by atoms with Gasteiger partial charge in [-0.2, -0.15) is 5.10 Å². The lowest BCUT2D eigenvalue weighted by Gasteiger charge is -2.23. The maximum Gasteiger partial charge on any atom is 0.231 e. The molecule has 2 unspecified atom stereocenters. The molecule has 0 bridgehead atoms. The summed E-state index contributed by atoms with van der Waals surface area (Å²) in [5.41, 5.74) is 3.14. The average Bonchev–Trinajstić information content (AvgIpc) is 3.31. The second-order valence-electron chi connectivity index (χ2n) is 7.16. The van der Waals surface area contributed by atoms with Gasteiger partial charge in [0.1, 0.15) is 0 Å². The molecule has 9 heteroatoms. The number of nitrogens with one attached hydrogen (secondary N) is 1. The number of hydrogen-bond acceptors (Lipinski definition) is 6. The van der Waals surface area contributed by atoms with E-state index in [1.54, 1.807) is 12.0 Å². The van der Waals surface area contributed by atoms with E-state index in [0.29, 0.717) is 18.3 Å². The number of ether oxygens (including phenoxy) is 1. The second-order valence-corrected chi connectivity index (χ2v) is 8.24. The van der Waals surface area contributed by atoms with Crippen LogP contribution in [0.4, 0.5) is 5.13 Å². The predicted octanol–water partition coefficient (Wildman–Crippen LogP) is 1.46. The Morgan fingerprint density at radius 3 is 3.07 bits per heavy atom. The third-order valence-corrected chi connectivity index (χ3v) is 6.33. The molecule has 3 heterocycles. The zero-order valence-corrected chi connectivity index (χ0v) is 16.5. The molecule has 0 radical (unpaired) electrons. The fraction of sp³-hybridized carbons (Fsp3) is 0.556. The first-order valence-corrected chi connectivity index (χ1v) is 9.89. The van der Waals surface area contributed by atoms with Crippen LogP contribution in [0.5, 0.6) is 0 Å². The number of carbonyl (C=O) groups is 2. The number of carbonyl (C=O) groups excluding carboxylic acids is 2. The van der Waals surface area contributed by atoms with Gasteiger partial charge >= 0.3 is 0 Å². The Kier molecular flexibility index (Phi) is 4.73. The van der Waals surface area contributed by atoms with Crippen molar-refractivity contribution >= 4 is 28.3 Å². The van der Waals surface area contributed by atoms with Crippen LogP contribution in [0.1, 0.15) is 23.9 Å². The fourth-order valence-corrected chi connectivity index (χ4v) is 4.82. The number of likely N-dealkylation sites (tertiary alicyclic amines) is 1.